The molecule has 1 N–H and O–H groups in total. The summed E-state index contributed by atoms with van der Waals surface area (Å²) in [7, 11) is 1.70. The predicted octanol–water partition coefficient (Wildman–Crippen LogP) is 4.67. The highest BCUT2D eigenvalue weighted by molar-refractivity contribution is 6.27. The van der Waals surface area contributed by atoms with Crippen LogP contribution in [0.5, 0.6) is 0 Å². The number of hydrogen-bond donors (Lipinski definition) is 1. The molecule has 1 aromatic rings. The van der Waals surface area contributed by atoms with E-state index in [9.17, 15) is 9.90 Å². The van der Waals surface area contributed by atoms with Gasteiger partial charge >= 0.3 is 0 Å². The average Bonchev–Trinajstić information content (AvgIpc) is 3.06. The molecule has 1 heterocycles. The first-order valence-corrected chi connectivity index (χ1v) is 10.8. The second-order valence-electron chi connectivity index (χ2n) is 7.30. The smallest absolute Gasteiger partial charge is 0.237 e. The summed E-state index contributed by atoms with van der Waals surface area (Å²) in [5.41, 5.74) is 0.452. The van der Waals surface area contributed by atoms with E-state index >= 15 is 0 Å². The van der Waals surface area contributed by atoms with E-state index in [1.165, 1.54) is 11.3 Å². The van der Waals surface area contributed by atoms with Gasteiger partial charge in [-0.05, 0) is 57.9 Å². The Hall–Kier alpha value is -1.07. The average molecular weight is 402 g/mol. The summed E-state index contributed by atoms with van der Waals surface area (Å²) in [5.74, 6) is 1.33. The molecule has 0 saturated heterocycles. The minimum Gasteiger partial charge on any atom is -0.388 e. The fraction of sp³-hybridized carbons (Fsp3) is 0.810. The largest absolute Gasteiger partial charge is 0.388 e. The van der Waals surface area contributed by atoms with Crippen molar-refractivity contribution in [1.82, 2.24) is 14.7 Å². The summed E-state index contributed by atoms with van der Waals surface area (Å²) in [6.07, 6.45) is 4.99. The molecular formula is C21H40ClN3O2. The van der Waals surface area contributed by atoms with Crippen LogP contribution in [0.25, 0.3) is 0 Å². The number of aliphatic hydroxyl groups is 1. The zero-order valence-electron chi connectivity index (χ0n) is 18.5. The van der Waals surface area contributed by atoms with Crippen LogP contribution in [0.1, 0.15) is 72.5 Å². The van der Waals surface area contributed by atoms with Gasteiger partial charge in [0.25, 0.3) is 0 Å². The number of aryl methyl sites for hydroxylation is 1. The molecule has 0 aliphatic heterocycles. The fourth-order valence-corrected chi connectivity index (χ4v) is 3.56. The minimum absolute atomic E-state index is 0.000558. The highest BCUT2D eigenvalue weighted by Gasteiger charge is 2.53. The van der Waals surface area contributed by atoms with Crippen molar-refractivity contribution in [1.29, 1.82) is 0 Å². The first kappa shape index (κ1) is 25.9. The van der Waals surface area contributed by atoms with Crippen LogP contribution >= 0.6 is 11.6 Å². The molecule has 2 aliphatic rings. The number of nitrogens with zero attached hydrogens (tertiary/aromatic N) is 3. The number of fused-ring (bicyclic) bond motifs is 1. The van der Waals surface area contributed by atoms with Gasteiger partial charge < -0.3 is 10.0 Å². The van der Waals surface area contributed by atoms with Gasteiger partial charge in [0.1, 0.15) is 5.88 Å². The lowest BCUT2D eigenvalue weighted by Crippen LogP contribution is -2.43. The number of halogens is 1. The van der Waals surface area contributed by atoms with E-state index in [-0.39, 0.29) is 11.8 Å². The van der Waals surface area contributed by atoms with Gasteiger partial charge in [0, 0.05) is 25.8 Å². The molecule has 158 valence electrons. The maximum atomic E-state index is 11.2. The topological polar surface area (TPSA) is 58.4 Å². The van der Waals surface area contributed by atoms with E-state index in [1.807, 2.05) is 51.6 Å². The molecule has 0 radical (unpaired) electrons. The van der Waals surface area contributed by atoms with Crippen LogP contribution in [0.2, 0.25) is 0 Å². The standard InChI is InChI=1S/C10H16ClNO2.C7H12N2.2C2H6/c1-12(9(13)5-11)6-10(14)3-7-2-8(7)4-10;1-6(2)9-5-4-7(3)8-9;2*1-2/h7-8,14H,2-6H2,1H3;4-6H,1-3H3;2*1-2H3. The number of rotatable bonds is 4. The van der Waals surface area contributed by atoms with Crippen LogP contribution in [0, 0.1) is 18.8 Å². The van der Waals surface area contributed by atoms with Crippen LogP contribution in [-0.2, 0) is 4.79 Å². The molecule has 1 amide bonds. The summed E-state index contributed by atoms with van der Waals surface area (Å²) >= 11 is 5.44. The van der Waals surface area contributed by atoms with Crippen molar-refractivity contribution in [3.8, 4) is 0 Å². The first-order chi connectivity index (χ1) is 12.7. The molecule has 2 fully saturated rings. The second-order valence-corrected chi connectivity index (χ2v) is 7.57. The number of aromatic nitrogens is 2. The van der Waals surface area contributed by atoms with Crippen LogP contribution < -0.4 is 0 Å². The number of hydrogen-bond acceptors (Lipinski definition) is 3. The summed E-state index contributed by atoms with van der Waals surface area (Å²) in [5, 5.41) is 14.4. The Labute approximate surface area is 171 Å². The van der Waals surface area contributed by atoms with Crippen molar-refractivity contribution >= 4 is 17.5 Å². The molecule has 0 bridgehead atoms. The molecule has 6 heteroatoms. The SMILES string of the molecule is CC.CC.CN(CC1(O)CC2CC2C1)C(=O)CCl.Cc1ccn(C(C)C)n1. The van der Waals surface area contributed by atoms with Crippen LogP contribution in [0.3, 0.4) is 0 Å². The Morgan fingerprint density at radius 1 is 1.33 bits per heavy atom. The Balaban J connectivity index is 0.000000451. The van der Waals surface area contributed by atoms with Crippen molar-refractivity contribution in [3.05, 3.63) is 18.0 Å². The third-order valence-electron chi connectivity index (χ3n) is 4.70. The molecular weight excluding hydrogens is 362 g/mol. The van der Waals surface area contributed by atoms with Gasteiger partial charge in [0.2, 0.25) is 5.91 Å². The molecule has 2 aliphatic carbocycles. The third-order valence-corrected chi connectivity index (χ3v) is 4.92. The molecule has 0 spiro atoms. The van der Waals surface area contributed by atoms with Gasteiger partial charge in [-0.1, -0.05) is 27.7 Å². The van der Waals surface area contributed by atoms with Crippen molar-refractivity contribution in [3.63, 3.8) is 0 Å². The van der Waals surface area contributed by atoms with Gasteiger partial charge in [-0.2, -0.15) is 5.10 Å². The summed E-state index contributed by atoms with van der Waals surface area (Å²) in [6, 6.07) is 2.50. The number of likely N-dealkylation sites (N-methyl/N-ethyl adjacent to an activating group) is 1. The highest BCUT2D eigenvalue weighted by atomic mass is 35.5. The van der Waals surface area contributed by atoms with Gasteiger partial charge in [-0.15, -0.1) is 11.6 Å². The first-order valence-electron chi connectivity index (χ1n) is 10.3. The van der Waals surface area contributed by atoms with Crippen molar-refractivity contribution in [2.24, 2.45) is 11.8 Å². The number of amides is 1. The summed E-state index contributed by atoms with van der Waals surface area (Å²) in [6.45, 7) is 14.7. The van der Waals surface area contributed by atoms with Gasteiger partial charge in [-0.3, -0.25) is 9.48 Å². The van der Waals surface area contributed by atoms with E-state index < -0.39 is 5.60 Å². The van der Waals surface area contributed by atoms with E-state index in [1.54, 1.807) is 7.05 Å². The third kappa shape index (κ3) is 8.65. The Morgan fingerprint density at radius 3 is 2.19 bits per heavy atom. The zero-order valence-corrected chi connectivity index (χ0v) is 19.3. The van der Waals surface area contributed by atoms with Crippen molar-refractivity contribution in [2.75, 3.05) is 19.5 Å². The number of alkyl halides is 1. The lowest BCUT2D eigenvalue weighted by atomic mass is 9.97. The Morgan fingerprint density at radius 2 is 1.85 bits per heavy atom. The molecule has 27 heavy (non-hydrogen) atoms. The maximum Gasteiger partial charge on any atom is 0.237 e. The molecule has 3 rings (SSSR count). The zero-order chi connectivity index (χ0) is 21.2. The lowest BCUT2D eigenvalue weighted by Gasteiger charge is -2.29. The highest BCUT2D eigenvalue weighted by Crippen LogP contribution is 2.56. The van der Waals surface area contributed by atoms with E-state index in [2.05, 4.69) is 18.9 Å². The Bertz CT molecular complexity index is 535. The van der Waals surface area contributed by atoms with Crippen molar-refractivity contribution < 1.29 is 9.90 Å². The predicted molar refractivity (Wildman–Crippen MR) is 114 cm³/mol. The second kappa shape index (κ2) is 12.4. The maximum absolute atomic E-state index is 11.2. The Kier molecular flexibility index (Phi) is 11.9. The van der Waals surface area contributed by atoms with Crippen LogP contribution in [0.15, 0.2) is 12.3 Å². The van der Waals surface area contributed by atoms with Crippen LogP contribution in [0.4, 0.5) is 0 Å². The van der Waals surface area contributed by atoms with Gasteiger partial charge in [0.15, 0.2) is 0 Å². The number of carbonyl (C=O) groups is 1. The minimum atomic E-state index is -0.635. The molecule has 2 saturated carbocycles. The van der Waals surface area contributed by atoms with E-state index in [0.29, 0.717) is 12.6 Å². The van der Waals surface area contributed by atoms with Crippen molar-refractivity contribution in [2.45, 2.75) is 79.4 Å². The van der Waals surface area contributed by atoms with Gasteiger partial charge in [0.05, 0.1) is 11.3 Å². The van der Waals surface area contributed by atoms with E-state index in [4.69, 9.17) is 11.6 Å². The molecule has 0 aromatic carbocycles. The van der Waals surface area contributed by atoms with E-state index in [0.717, 1.165) is 30.4 Å². The molecule has 2 unspecified atom stereocenters. The summed E-state index contributed by atoms with van der Waals surface area (Å²) in [4.78, 5) is 12.8. The quantitative estimate of drug-likeness (QED) is 0.745. The summed E-state index contributed by atoms with van der Waals surface area (Å²) < 4.78 is 1.95. The normalized spacial score (nSPS) is 24.4. The molecule has 2 atom stereocenters. The van der Waals surface area contributed by atoms with Gasteiger partial charge in [-0.25, -0.2) is 0 Å². The lowest BCUT2D eigenvalue weighted by molar-refractivity contribution is -0.130. The van der Waals surface area contributed by atoms with Crippen LogP contribution in [-0.4, -0.2) is 50.8 Å². The number of carbonyl (C=O) groups excluding carboxylic acids is 1. The molecule has 5 nitrogen and oxygen atoms in total. The monoisotopic (exact) mass is 401 g/mol. The molecule has 1 aromatic heterocycles. The fourth-order valence-electron chi connectivity index (χ4n) is 3.35.